The molecule has 0 amide bonds. The van der Waals surface area contributed by atoms with E-state index >= 15 is 0 Å². The molecule has 0 saturated carbocycles. The average Bonchev–Trinajstić information content (AvgIpc) is 2.53. The van der Waals surface area contributed by atoms with Crippen molar-refractivity contribution in [3.05, 3.63) is 0 Å². The smallest absolute Gasteiger partial charge is 0.191 e. The van der Waals surface area contributed by atoms with Gasteiger partial charge in [-0.25, -0.2) is 0 Å². The van der Waals surface area contributed by atoms with E-state index in [2.05, 4.69) is 39.4 Å². The number of nitrogens with one attached hydrogen (secondary N) is 2. The van der Waals surface area contributed by atoms with E-state index in [0.717, 1.165) is 18.4 Å². The molecule has 2 aliphatic rings. The lowest BCUT2D eigenvalue weighted by Crippen LogP contribution is -2.50. The monoisotopic (exact) mass is 309 g/mol. The van der Waals surface area contributed by atoms with Crippen molar-refractivity contribution in [1.82, 2.24) is 20.4 Å². The molecule has 0 radical (unpaired) electrons. The molecule has 22 heavy (non-hydrogen) atoms. The van der Waals surface area contributed by atoms with Gasteiger partial charge in [-0.3, -0.25) is 4.99 Å². The first-order valence-corrected chi connectivity index (χ1v) is 9.09. The van der Waals surface area contributed by atoms with Crippen molar-refractivity contribution in [2.75, 3.05) is 53.4 Å². The second-order valence-electron chi connectivity index (χ2n) is 6.98. The average molecular weight is 310 g/mol. The van der Waals surface area contributed by atoms with Gasteiger partial charge >= 0.3 is 0 Å². The number of guanidine groups is 1. The maximum absolute atomic E-state index is 4.41. The number of nitrogens with zero attached hydrogens (tertiary/aromatic N) is 3. The molecule has 0 spiro atoms. The fourth-order valence-corrected chi connectivity index (χ4v) is 3.69. The Morgan fingerprint density at radius 2 is 1.95 bits per heavy atom. The predicted octanol–water partition coefficient (Wildman–Crippen LogP) is 1.37. The molecule has 0 aromatic rings. The van der Waals surface area contributed by atoms with Gasteiger partial charge in [-0.05, 0) is 58.2 Å². The highest BCUT2D eigenvalue weighted by atomic mass is 15.2. The Morgan fingerprint density at radius 1 is 1.18 bits per heavy atom. The zero-order valence-electron chi connectivity index (χ0n) is 14.8. The lowest BCUT2D eigenvalue weighted by Gasteiger charge is -2.33. The van der Waals surface area contributed by atoms with Gasteiger partial charge in [-0.1, -0.05) is 6.92 Å². The molecule has 2 aliphatic heterocycles. The zero-order valence-corrected chi connectivity index (χ0v) is 14.8. The van der Waals surface area contributed by atoms with Crippen molar-refractivity contribution in [2.45, 2.75) is 45.1 Å². The van der Waals surface area contributed by atoms with E-state index in [1.165, 1.54) is 64.8 Å². The molecule has 1 atom stereocenters. The summed E-state index contributed by atoms with van der Waals surface area (Å²) < 4.78 is 0. The first kappa shape index (κ1) is 17.5. The topological polar surface area (TPSA) is 42.9 Å². The lowest BCUT2D eigenvalue weighted by atomic mass is 9.98. The molecular weight excluding hydrogens is 274 g/mol. The Bertz CT molecular complexity index is 336. The Kier molecular flexibility index (Phi) is 7.46. The van der Waals surface area contributed by atoms with E-state index in [1.54, 1.807) is 0 Å². The number of rotatable bonds is 5. The first-order chi connectivity index (χ1) is 10.7. The van der Waals surface area contributed by atoms with Gasteiger partial charge in [0, 0.05) is 39.3 Å². The molecule has 1 unspecified atom stereocenters. The Balaban J connectivity index is 1.67. The third-order valence-corrected chi connectivity index (χ3v) is 4.97. The van der Waals surface area contributed by atoms with Crippen LogP contribution >= 0.6 is 0 Å². The van der Waals surface area contributed by atoms with Gasteiger partial charge in [0.1, 0.15) is 0 Å². The lowest BCUT2D eigenvalue weighted by molar-refractivity contribution is 0.204. The van der Waals surface area contributed by atoms with Crippen LogP contribution in [0.2, 0.25) is 0 Å². The minimum atomic E-state index is 0.577. The number of piperidine rings is 2. The van der Waals surface area contributed by atoms with Crippen molar-refractivity contribution in [3.8, 4) is 0 Å². The Labute approximate surface area is 136 Å². The first-order valence-electron chi connectivity index (χ1n) is 9.09. The molecule has 2 fully saturated rings. The van der Waals surface area contributed by atoms with Gasteiger partial charge in [-0.2, -0.15) is 0 Å². The summed E-state index contributed by atoms with van der Waals surface area (Å²) in [5.41, 5.74) is 0. The van der Waals surface area contributed by atoms with Crippen LogP contribution in [0.15, 0.2) is 4.99 Å². The molecule has 0 aromatic carbocycles. The Morgan fingerprint density at radius 3 is 2.59 bits per heavy atom. The normalized spacial score (nSPS) is 26.1. The van der Waals surface area contributed by atoms with E-state index in [1.807, 2.05) is 7.05 Å². The fraction of sp³-hybridized carbons (Fsp3) is 0.941. The minimum Gasteiger partial charge on any atom is -0.356 e. The summed E-state index contributed by atoms with van der Waals surface area (Å²) in [7, 11) is 4.11. The third-order valence-electron chi connectivity index (χ3n) is 4.97. The van der Waals surface area contributed by atoms with E-state index in [9.17, 15) is 0 Å². The summed E-state index contributed by atoms with van der Waals surface area (Å²) in [5.74, 6) is 1.74. The van der Waals surface area contributed by atoms with Crippen LogP contribution in [0.3, 0.4) is 0 Å². The van der Waals surface area contributed by atoms with Gasteiger partial charge in [-0.15, -0.1) is 0 Å². The summed E-state index contributed by atoms with van der Waals surface area (Å²) in [6, 6.07) is 0.577. The van der Waals surface area contributed by atoms with Crippen LogP contribution in [-0.2, 0) is 0 Å². The summed E-state index contributed by atoms with van der Waals surface area (Å²) in [6.07, 6.45) is 6.38. The summed E-state index contributed by atoms with van der Waals surface area (Å²) >= 11 is 0. The molecule has 5 heteroatoms. The summed E-state index contributed by atoms with van der Waals surface area (Å²) in [4.78, 5) is 9.42. The third kappa shape index (κ3) is 5.76. The second kappa shape index (κ2) is 9.36. The number of likely N-dealkylation sites (tertiary alicyclic amines) is 2. The maximum Gasteiger partial charge on any atom is 0.191 e. The van der Waals surface area contributed by atoms with E-state index in [4.69, 9.17) is 0 Å². The van der Waals surface area contributed by atoms with E-state index in [0.29, 0.717) is 6.04 Å². The molecule has 2 saturated heterocycles. The summed E-state index contributed by atoms with van der Waals surface area (Å²) in [6.45, 7) is 9.44. The van der Waals surface area contributed by atoms with Crippen LogP contribution in [0.25, 0.3) is 0 Å². The number of hydrogen-bond donors (Lipinski definition) is 2. The summed E-state index contributed by atoms with van der Waals surface area (Å²) in [5, 5.41) is 7.16. The highest BCUT2D eigenvalue weighted by molar-refractivity contribution is 5.79. The molecule has 2 N–H and O–H groups in total. The molecule has 0 bridgehead atoms. The van der Waals surface area contributed by atoms with Gasteiger partial charge in [0.05, 0.1) is 0 Å². The fourth-order valence-electron chi connectivity index (χ4n) is 3.69. The quantitative estimate of drug-likeness (QED) is 0.595. The van der Waals surface area contributed by atoms with Crippen LogP contribution in [0.1, 0.15) is 39.0 Å². The van der Waals surface area contributed by atoms with Crippen LogP contribution in [-0.4, -0.2) is 75.2 Å². The van der Waals surface area contributed by atoms with Crippen LogP contribution in [0, 0.1) is 5.92 Å². The molecular formula is C17H35N5. The predicted molar refractivity (Wildman–Crippen MR) is 94.5 cm³/mol. The molecule has 0 aromatic heterocycles. The standard InChI is InChI=1S/C17H35N5/c1-4-9-22-11-7-16(8-12-22)20-17(18-2)19-13-15-6-5-10-21(3)14-15/h15-16H,4-14H2,1-3H3,(H2,18,19,20). The SMILES string of the molecule is CCCN1CCC(NC(=NC)NCC2CCCN(C)C2)CC1. The molecule has 2 heterocycles. The second-order valence-corrected chi connectivity index (χ2v) is 6.98. The highest BCUT2D eigenvalue weighted by Gasteiger charge is 2.20. The van der Waals surface area contributed by atoms with Crippen LogP contribution < -0.4 is 10.6 Å². The largest absolute Gasteiger partial charge is 0.356 e. The van der Waals surface area contributed by atoms with Gasteiger partial charge in [0.15, 0.2) is 5.96 Å². The van der Waals surface area contributed by atoms with Gasteiger partial charge < -0.3 is 20.4 Å². The number of hydrogen-bond acceptors (Lipinski definition) is 3. The maximum atomic E-state index is 4.41. The van der Waals surface area contributed by atoms with Crippen molar-refractivity contribution in [3.63, 3.8) is 0 Å². The van der Waals surface area contributed by atoms with Crippen molar-refractivity contribution < 1.29 is 0 Å². The van der Waals surface area contributed by atoms with Gasteiger partial charge in [0.25, 0.3) is 0 Å². The molecule has 5 nitrogen and oxygen atoms in total. The van der Waals surface area contributed by atoms with E-state index in [-0.39, 0.29) is 0 Å². The Hall–Kier alpha value is -0.810. The van der Waals surface area contributed by atoms with Gasteiger partial charge in [0.2, 0.25) is 0 Å². The molecule has 2 rings (SSSR count). The van der Waals surface area contributed by atoms with Crippen LogP contribution in [0.5, 0.6) is 0 Å². The molecule has 128 valence electrons. The minimum absolute atomic E-state index is 0.577. The van der Waals surface area contributed by atoms with Crippen LogP contribution in [0.4, 0.5) is 0 Å². The van der Waals surface area contributed by atoms with E-state index < -0.39 is 0 Å². The number of aliphatic imine (C=N–C) groups is 1. The highest BCUT2D eigenvalue weighted by Crippen LogP contribution is 2.14. The van der Waals surface area contributed by atoms with Crippen molar-refractivity contribution >= 4 is 5.96 Å². The van der Waals surface area contributed by atoms with Crippen molar-refractivity contribution in [2.24, 2.45) is 10.9 Å². The van der Waals surface area contributed by atoms with Crippen molar-refractivity contribution in [1.29, 1.82) is 0 Å². The molecule has 0 aliphatic carbocycles. The zero-order chi connectivity index (χ0) is 15.8.